The van der Waals surface area contributed by atoms with Crippen molar-refractivity contribution in [3.63, 3.8) is 0 Å². The molecule has 4 nitrogen and oxygen atoms in total. The molecule has 1 aliphatic rings. The smallest absolute Gasteiger partial charge is 0.282 e. The second-order valence-electron chi connectivity index (χ2n) is 6.53. The van der Waals surface area contributed by atoms with E-state index < -0.39 is 5.92 Å². The van der Waals surface area contributed by atoms with E-state index in [0.29, 0.717) is 12.2 Å². The highest BCUT2D eigenvalue weighted by Gasteiger charge is 2.45. The molecule has 132 valence electrons. The van der Waals surface area contributed by atoms with Crippen molar-refractivity contribution in [2.45, 2.75) is 18.3 Å². The molecule has 4 rings (SSSR count). The number of pyridine rings is 3. The van der Waals surface area contributed by atoms with Crippen molar-refractivity contribution >= 4 is 5.82 Å². The van der Waals surface area contributed by atoms with Crippen LogP contribution in [0.4, 0.5) is 14.6 Å². The predicted octanol–water partition coefficient (Wildman–Crippen LogP) is 3.70. The van der Waals surface area contributed by atoms with Crippen molar-refractivity contribution in [3.8, 4) is 0 Å². The van der Waals surface area contributed by atoms with Gasteiger partial charge in [0.2, 0.25) is 0 Å². The van der Waals surface area contributed by atoms with E-state index >= 15 is 0 Å². The average molecular weight is 352 g/mol. The third-order valence-electron chi connectivity index (χ3n) is 4.61. The Morgan fingerprint density at radius 3 is 2.08 bits per heavy atom. The fourth-order valence-electron chi connectivity index (χ4n) is 3.35. The third kappa shape index (κ3) is 3.40. The van der Waals surface area contributed by atoms with Crippen LogP contribution in [0.5, 0.6) is 0 Å². The lowest BCUT2D eigenvalue weighted by molar-refractivity contribution is -0.0267. The van der Waals surface area contributed by atoms with Gasteiger partial charge in [-0.3, -0.25) is 9.97 Å². The van der Waals surface area contributed by atoms with E-state index in [2.05, 4.69) is 15.0 Å². The van der Waals surface area contributed by atoms with Gasteiger partial charge < -0.3 is 4.90 Å². The van der Waals surface area contributed by atoms with Gasteiger partial charge in [0.05, 0.1) is 13.1 Å². The lowest BCUT2D eigenvalue weighted by Crippen LogP contribution is -2.57. The van der Waals surface area contributed by atoms with Crippen LogP contribution in [0.1, 0.15) is 22.6 Å². The number of hydrogen-bond acceptors (Lipinski definition) is 4. The summed E-state index contributed by atoms with van der Waals surface area (Å²) < 4.78 is 26.6. The fourth-order valence-corrected chi connectivity index (χ4v) is 3.35. The molecule has 0 N–H and O–H groups in total. The molecule has 0 aliphatic carbocycles. The first-order chi connectivity index (χ1) is 12.6. The molecule has 0 atom stereocenters. The van der Waals surface area contributed by atoms with Crippen LogP contribution in [0.15, 0.2) is 67.4 Å². The summed E-state index contributed by atoms with van der Waals surface area (Å²) in [6.07, 6.45) is 9.45. The Kier molecular flexibility index (Phi) is 4.32. The van der Waals surface area contributed by atoms with E-state index in [0.717, 1.165) is 16.7 Å². The van der Waals surface area contributed by atoms with Crippen LogP contribution in [0, 0.1) is 0 Å². The predicted molar refractivity (Wildman–Crippen MR) is 95.4 cm³/mol. The van der Waals surface area contributed by atoms with Gasteiger partial charge >= 0.3 is 0 Å². The molecular formula is C20H18F2N4. The molecule has 3 aromatic heterocycles. The minimum absolute atomic E-state index is 0.0298. The van der Waals surface area contributed by atoms with Gasteiger partial charge in [0.15, 0.2) is 0 Å². The van der Waals surface area contributed by atoms with E-state index in [4.69, 9.17) is 0 Å². The first-order valence-electron chi connectivity index (χ1n) is 8.49. The van der Waals surface area contributed by atoms with Gasteiger partial charge in [0.1, 0.15) is 5.82 Å². The molecule has 1 saturated heterocycles. The fraction of sp³-hybridized carbons (Fsp3) is 0.250. The molecule has 0 aromatic carbocycles. The Labute approximate surface area is 150 Å². The third-order valence-corrected chi connectivity index (χ3v) is 4.61. The number of alkyl halides is 2. The van der Waals surface area contributed by atoms with Gasteiger partial charge in [-0.2, -0.15) is 0 Å². The van der Waals surface area contributed by atoms with Crippen LogP contribution < -0.4 is 4.90 Å². The quantitative estimate of drug-likeness (QED) is 0.702. The molecule has 1 fully saturated rings. The molecule has 0 bridgehead atoms. The maximum atomic E-state index is 13.3. The van der Waals surface area contributed by atoms with Crippen molar-refractivity contribution in [2.24, 2.45) is 0 Å². The van der Waals surface area contributed by atoms with Crippen molar-refractivity contribution in [1.29, 1.82) is 0 Å². The average Bonchev–Trinajstić information content (AvgIpc) is 2.66. The zero-order valence-corrected chi connectivity index (χ0v) is 14.1. The molecular weight excluding hydrogens is 334 g/mol. The zero-order valence-electron chi connectivity index (χ0n) is 14.1. The highest BCUT2D eigenvalue weighted by Crippen LogP contribution is 2.35. The zero-order chi connectivity index (χ0) is 18.0. The lowest BCUT2D eigenvalue weighted by Gasteiger charge is -2.40. The van der Waals surface area contributed by atoms with E-state index in [1.165, 1.54) is 0 Å². The van der Waals surface area contributed by atoms with Crippen molar-refractivity contribution < 1.29 is 8.78 Å². The summed E-state index contributed by atoms with van der Waals surface area (Å²) in [4.78, 5) is 14.5. The Morgan fingerprint density at radius 2 is 1.54 bits per heavy atom. The molecule has 26 heavy (non-hydrogen) atoms. The summed E-state index contributed by atoms with van der Waals surface area (Å²) in [5.74, 6) is -1.96. The number of aromatic nitrogens is 3. The summed E-state index contributed by atoms with van der Waals surface area (Å²) in [6, 6.07) is 11.7. The van der Waals surface area contributed by atoms with Crippen molar-refractivity contribution in [2.75, 3.05) is 18.0 Å². The minimum atomic E-state index is -2.62. The molecule has 0 spiro atoms. The lowest BCUT2D eigenvalue weighted by atomic mass is 9.87. The Morgan fingerprint density at radius 1 is 0.923 bits per heavy atom. The summed E-state index contributed by atoms with van der Waals surface area (Å²) >= 11 is 0. The van der Waals surface area contributed by atoms with Gasteiger partial charge in [0.25, 0.3) is 5.92 Å². The Bertz CT molecular complexity index is 824. The summed E-state index contributed by atoms with van der Waals surface area (Å²) in [6.45, 7) is -0.553. The van der Waals surface area contributed by atoms with Crippen LogP contribution in [-0.2, 0) is 6.42 Å². The van der Waals surface area contributed by atoms with Crippen LogP contribution >= 0.6 is 0 Å². The first-order valence-corrected chi connectivity index (χ1v) is 8.49. The van der Waals surface area contributed by atoms with Crippen molar-refractivity contribution in [1.82, 2.24) is 15.0 Å². The summed E-state index contributed by atoms with van der Waals surface area (Å²) in [7, 11) is 0. The van der Waals surface area contributed by atoms with Crippen molar-refractivity contribution in [3.05, 3.63) is 84.1 Å². The van der Waals surface area contributed by atoms with E-state index in [9.17, 15) is 8.78 Å². The standard InChI is InChI=1S/C20H18F2N4/c21-20(22)13-26(14-20)19-15(4-3-9-25-19)10-18(16-5-1-7-23-11-16)17-6-2-8-24-12-17/h1-9,11-12,18H,10,13-14H2. The number of hydrogen-bond donors (Lipinski definition) is 0. The summed E-state index contributed by atoms with van der Waals surface area (Å²) in [5, 5.41) is 0. The van der Waals surface area contributed by atoms with Crippen LogP contribution in [-0.4, -0.2) is 34.0 Å². The Balaban J connectivity index is 1.67. The number of halogens is 2. The molecule has 4 heterocycles. The number of nitrogens with zero attached hydrogens (tertiary/aromatic N) is 4. The minimum Gasteiger partial charge on any atom is -0.344 e. The molecule has 0 radical (unpaired) electrons. The Hall–Kier alpha value is -2.89. The van der Waals surface area contributed by atoms with E-state index in [1.54, 1.807) is 23.5 Å². The van der Waals surface area contributed by atoms with Crippen LogP contribution in [0.3, 0.4) is 0 Å². The molecule has 1 aliphatic heterocycles. The van der Waals surface area contributed by atoms with Gasteiger partial charge in [-0.15, -0.1) is 0 Å². The highest BCUT2D eigenvalue weighted by atomic mass is 19.3. The normalized spacial score (nSPS) is 15.7. The number of rotatable bonds is 5. The van der Waals surface area contributed by atoms with Gasteiger partial charge in [0, 0.05) is 36.9 Å². The van der Waals surface area contributed by atoms with E-state index in [-0.39, 0.29) is 19.0 Å². The number of anilines is 1. The largest absolute Gasteiger partial charge is 0.344 e. The second kappa shape index (κ2) is 6.78. The maximum Gasteiger partial charge on any atom is 0.282 e. The maximum absolute atomic E-state index is 13.3. The van der Waals surface area contributed by atoms with Gasteiger partial charge in [-0.1, -0.05) is 18.2 Å². The van der Waals surface area contributed by atoms with Gasteiger partial charge in [-0.05, 0) is 41.3 Å². The molecule has 0 unspecified atom stereocenters. The highest BCUT2D eigenvalue weighted by molar-refractivity contribution is 5.51. The monoisotopic (exact) mass is 352 g/mol. The molecule has 0 amide bonds. The molecule has 0 saturated carbocycles. The SMILES string of the molecule is FC1(F)CN(c2ncccc2CC(c2cccnc2)c2cccnc2)C1. The van der Waals surface area contributed by atoms with E-state index in [1.807, 2.05) is 48.8 Å². The molecule has 6 heteroatoms. The van der Waals surface area contributed by atoms with Crippen LogP contribution in [0.25, 0.3) is 0 Å². The van der Waals surface area contributed by atoms with Gasteiger partial charge in [-0.25, -0.2) is 13.8 Å². The first kappa shape index (κ1) is 16.6. The molecule has 3 aromatic rings. The summed E-state index contributed by atoms with van der Waals surface area (Å²) in [5.41, 5.74) is 3.06. The second-order valence-corrected chi connectivity index (χ2v) is 6.53. The van der Waals surface area contributed by atoms with Crippen LogP contribution in [0.2, 0.25) is 0 Å². The topological polar surface area (TPSA) is 41.9 Å².